The second kappa shape index (κ2) is 9.49. The number of carbonyl (C=O) groups excluding carboxylic acids is 1. The molecule has 0 fully saturated rings. The monoisotopic (exact) mass is 394 g/mol. The number of methoxy groups -OCH3 is 1. The van der Waals surface area contributed by atoms with E-state index < -0.39 is 5.97 Å². The van der Waals surface area contributed by atoms with Gasteiger partial charge < -0.3 is 4.74 Å². The van der Waals surface area contributed by atoms with Crippen molar-refractivity contribution in [2.45, 2.75) is 13.8 Å². The largest absolute Gasteiger partial charge is 0.466 e. The summed E-state index contributed by atoms with van der Waals surface area (Å²) in [5.74, 6) is -0.395. The zero-order chi connectivity index (χ0) is 21.5. The van der Waals surface area contributed by atoms with Gasteiger partial charge in [-0.15, -0.1) is 0 Å². The van der Waals surface area contributed by atoms with Crippen LogP contribution in [0, 0.1) is 11.3 Å². The van der Waals surface area contributed by atoms with E-state index in [1.54, 1.807) is 6.08 Å². The molecule has 4 aromatic rings. The Bertz CT molecular complexity index is 1280. The maximum absolute atomic E-state index is 11.4. The SMILES string of the molecule is CC.COC(=O)/C=C/c1ccc2cncc(-c3ccc(C#N)c4ccccc34)c2c1. The molecular formula is C26H22N2O2. The van der Waals surface area contributed by atoms with Crippen molar-refractivity contribution < 1.29 is 9.53 Å². The van der Waals surface area contributed by atoms with Crippen molar-refractivity contribution >= 4 is 33.6 Å². The Labute approximate surface area is 176 Å². The summed E-state index contributed by atoms with van der Waals surface area (Å²) >= 11 is 0. The first-order valence-electron chi connectivity index (χ1n) is 9.77. The van der Waals surface area contributed by atoms with Gasteiger partial charge >= 0.3 is 5.97 Å². The van der Waals surface area contributed by atoms with Crippen molar-refractivity contribution in [3.63, 3.8) is 0 Å². The molecule has 30 heavy (non-hydrogen) atoms. The molecule has 1 heterocycles. The lowest BCUT2D eigenvalue weighted by Crippen LogP contribution is -1.93. The smallest absolute Gasteiger partial charge is 0.330 e. The predicted octanol–water partition coefficient (Wildman–Crippen LogP) is 6.14. The number of ether oxygens (including phenoxy) is 1. The second-order valence-electron chi connectivity index (χ2n) is 6.34. The van der Waals surface area contributed by atoms with Crippen LogP contribution in [0.1, 0.15) is 25.0 Å². The second-order valence-corrected chi connectivity index (χ2v) is 6.34. The Morgan fingerprint density at radius 2 is 1.73 bits per heavy atom. The first-order chi connectivity index (χ1) is 14.7. The molecule has 0 amide bonds. The molecule has 3 aromatic carbocycles. The molecule has 0 saturated carbocycles. The molecule has 0 aliphatic heterocycles. The normalized spacial score (nSPS) is 10.5. The summed E-state index contributed by atoms with van der Waals surface area (Å²) in [6.07, 6.45) is 6.79. The molecule has 4 nitrogen and oxygen atoms in total. The molecule has 0 unspecified atom stereocenters. The molecule has 0 bridgehead atoms. The zero-order valence-electron chi connectivity index (χ0n) is 17.2. The Morgan fingerprint density at radius 1 is 0.967 bits per heavy atom. The minimum atomic E-state index is -0.395. The Kier molecular flexibility index (Phi) is 6.56. The third kappa shape index (κ3) is 4.06. The number of hydrogen-bond acceptors (Lipinski definition) is 4. The molecule has 0 atom stereocenters. The summed E-state index contributed by atoms with van der Waals surface area (Å²) in [6, 6.07) is 19.9. The van der Waals surface area contributed by atoms with Crippen LogP contribution in [0.2, 0.25) is 0 Å². The van der Waals surface area contributed by atoms with Gasteiger partial charge in [-0.05, 0) is 40.1 Å². The van der Waals surface area contributed by atoms with E-state index in [1.165, 1.54) is 13.2 Å². The number of hydrogen-bond donors (Lipinski definition) is 0. The van der Waals surface area contributed by atoms with Crippen LogP contribution in [-0.2, 0) is 9.53 Å². The van der Waals surface area contributed by atoms with E-state index in [0.717, 1.165) is 38.2 Å². The molecule has 0 radical (unpaired) electrons. The van der Waals surface area contributed by atoms with Gasteiger partial charge in [-0.25, -0.2) is 4.79 Å². The van der Waals surface area contributed by atoms with Gasteiger partial charge in [0.05, 0.1) is 18.7 Å². The van der Waals surface area contributed by atoms with Gasteiger partial charge in [0.25, 0.3) is 0 Å². The number of rotatable bonds is 3. The molecule has 0 saturated heterocycles. The van der Waals surface area contributed by atoms with E-state index in [1.807, 2.05) is 80.8 Å². The molecule has 0 aliphatic rings. The zero-order valence-corrected chi connectivity index (χ0v) is 17.2. The van der Waals surface area contributed by atoms with Crippen molar-refractivity contribution in [2.75, 3.05) is 7.11 Å². The fraction of sp³-hybridized carbons (Fsp3) is 0.115. The molecule has 4 rings (SSSR count). The van der Waals surface area contributed by atoms with E-state index in [9.17, 15) is 10.1 Å². The van der Waals surface area contributed by atoms with Gasteiger partial charge in [-0.1, -0.05) is 56.3 Å². The Morgan fingerprint density at radius 3 is 2.47 bits per heavy atom. The van der Waals surface area contributed by atoms with E-state index in [0.29, 0.717) is 5.56 Å². The molecule has 1 aromatic heterocycles. The minimum absolute atomic E-state index is 0.395. The van der Waals surface area contributed by atoms with Crippen LogP contribution in [0.5, 0.6) is 0 Å². The van der Waals surface area contributed by atoms with E-state index >= 15 is 0 Å². The third-order valence-electron chi connectivity index (χ3n) is 4.73. The summed E-state index contributed by atoms with van der Waals surface area (Å²) in [4.78, 5) is 15.8. The van der Waals surface area contributed by atoms with Crippen molar-refractivity contribution in [3.05, 3.63) is 84.2 Å². The van der Waals surface area contributed by atoms with Crippen molar-refractivity contribution in [1.29, 1.82) is 5.26 Å². The number of esters is 1. The van der Waals surface area contributed by atoms with Gasteiger partial charge in [0.2, 0.25) is 0 Å². The molecule has 148 valence electrons. The average Bonchev–Trinajstić information content (AvgIpc) is 2.82. The van der Waals surface area contributed by atoms with Gasteiger partial charge in [0, 0.05) is 34.8 Å². The third-order valence-corrected chi connectivity index (χ3v) is 4.73. The molecule has 4 heteroatoms. The van der Waals surface area contributed by atoms with Crippen molar-refractivity contribution in [3.8, 4) is 17.2 Å². The molecule has 0 aliphatic carbocycles. The Hall–Kier alpha value is -3.97. The van der Waals surface area contributed by atoms with Crippen LogP contribution in [0.3, 0.4) is 0 Å². The van der Waals surface area contributed by atoms with Gasteiger partial charge in [-0.2, -0.15) is 5.26 Å². The number of nitrogens with zero attached hydrogens (tertiary/aromatic N) is 2. The lowest BCUT2D eigenvalue weighted by Gasteiger charge is -2.11. The summed E-state index contributed by atoms with van der Waals surface area (Å²) in [6.45, 7) is 4.00. The summed E-state index contributed by atoms with van der Waals surface area (Å²) in [5.41, 5.74) is 3.53. The topological polar surface area (TPSA) is 63.0 Å². The number of nitriles is 1. The maximum atomic E-state index is 11.4. The van der Waals surface area contributed by atoms with Crippen molar-refractivity contribution in [1.82, 2.24) is 4.98 Å². The first-order valence-corrected chi connectivity index (χ1v) is 9.77. The average molecular weight is 394 g/mol. The predicted molar refractivity (Wildman–Crippen MR) is 122 cm³/mol. The maximum Gasteiger partial charge on any atom is 0.330 e. The highest BCUT2D eigenvalue weighted by atomic mass is 16.5. The lowest BCUT2D eigenvalue weighted by atomic mass is 9.93. The molecule has 0 N–H and O–H groups in total. The lowest BCUT2D eigenvalue weighted by molar-refractivity contribution is -0.134. The fourth-order valence-electron chi connectivity index (χ4n) is 3.36. The van der Waals surface area contributed by atoms with Gasteiger partial charge in [0.1, 0.15) is 0 Å². The first kappa shape index (κ1) is 20.8. The number of fused-ring (bicyclic) bond motifs is 2. The summed E-state index contributed by atoms with van der Waals surface area (Å²) in [7, 11) is 1.35. The molecular weight excluding hydrogens is 372 g/mol. The van der Waals surface area contributed by atoms with Crippen LogP contribution in [0.25, 0.3) is 38.7 Å². The Balaban J connectivity index is 0.00000124. The number of benzene rings is 3. The highest BCUT2D eigenvalue weighted by molar-refractivity contribution is 6.06. The fourth-order valence-corrected chi connectivity index (χ4v) is 3.36. The van der Waals surface area contributed by atoms with Crippen LogP contribution < -0.4 is 0 Å². The standard InChI is InChI=1S/C24H16N2O2.C2H6/c1-28-24(27)11-7-16-6-8-18-14-26-15-23(22(18)12-16)21-10-9-17(13-25)19-4-2-3-5-20(19)21;1-2/h2-12,14-15H,1H3;1-2H3/b11-7+;. The van der Waals surface area contributed by atoms with Crippen LogP contribution in [0.15, 0.2) is 73.1 Å². The molecule has 0 spiro atoms. The van der Waals surface area contributed by atoms with E-state index in [4.69, 9.17) is 0 Å². The summed E-state index contributed by atoms with van der Waals surface area (Å²) < 4.78 is 4.66. The highest BCUT2D eigenvalue weighted by Crippen LogP contribution is 2.35. The van der Waals surface area contributed by atoms with Crippen LogP contribution >= 0.6 is 0 Å². The van der Waals surface area contributed by atoms with Gasteiger partial charge in [0.15, 0.2) is 0 Å². The van der Waals surface area contributed by atoms with Gasteiger partial charge in [-0.3, -0.25) is 4.98 Å². The van der Waals surface area contributed by atoms with Crippen molar-refractivity contribution in [2.24, 2.45) is 0 Å². The quantitative estimate of drug-likeness (QED) is 0.309. The summed E-state index contributed by atoms with van der Waals surface area (Å²) in [5, 5.41) is 13.4. The van der Waals surface area contributed by atoms with Crippen LogP contribution in [0.4, 0.5) is 0 Å². The van der Waals surface area contributed by atoms with E-state index in [-0.39, 0.29) is 0 Å². The highest BCUT2D eigenvalue weighted by Gasteiger charge is 2.11. The number of aromatic nitrogens is 1. The van der Waals surface area contributed by atoms with E-state index in [2.05, 4.69) is 15.8 Å². The minimum Gasteiger partial charge on any atom is -0.466 e. The number of carbonyl (C=O) groups is 1. The van der Waals surface area contributed by atoms with Crippen LogP contribution in [-0.4, -0.2) is 18.1 Å². The number of pyridine rings is 1.